The van der Waals surface area contributed by atoms with Crippen LogP contribution in [0.15, 0.2) is 17.3 Å². The van der Waals surface area contributed by atoms with Gasteiger partial charge in [-0.25, -0.2) is 0 Å². The second-order valence-electron chi connectivity index (χ2n) is 9.92. The first-order valence-corrected chi connectivity index (χ1v) is 11.6. The first-order chi connectivity index (χ1) is 14.2. The minimum atomic E-state index is -0.156. The second-order valence-corrected chi connectivity index (χ2v) is 9.92. The van der Waals surface area contributed by atoms with E-state index < -0.39 is 0 Å². The van der Waals surface area contributed by atoms with Gasteiger partial charge in [0, 0.05) is 45.3 Å². The summed E-state index contributed by atoms with van der Waals surface area (Å²) in [5.41, 5.74) is 4.12. The number of piperazine rings is 1. The number of carbonyl (C=O) groups excluding carboxylic acids is 1. The van der Waals surface area contributed by atoms with Gasteiger partial charge < -0.3 is 10.2 Å². The number of hydrogen-bond donors (Lipinski definition) is 1. The third-order valence-electron chi connectivity index (χ3n) is 6.66. The molecule has 1 aromatic rings. The molecule has 168 valence electrons. The van der Waals surface area contributed by atoms with E-state index in [0.717, 1.165) is 39.3 Å². The van der Waals surface area contributed by atoms with Crippen LogP contribution in [0.3, 0.4) is 0 Å². The molecule has 30 heavy (non-hydrogen) atoms. The zero-order valence-electron chi connectivity index (χ0n) is 19.6. The van der Waals surface area contributed by atoms with E-state index in [1.54, 1.807) is 22.0 Å². The van der Waals surface area contributed by atoms with Gasteiger partial charge in [-0.1, -0.05) is 30.2 Å². The van der Waals surface area contributed by atoms with Gasteiger partial charge in [0.25, 0.3) is 5.91 Å². The van der Waals surface area contributed by atoms with Crippen LogP contribution in [-0.2, 0) is 6.54 Å². The van der Waals surface area contributed by atoms with Crippen LogP contribution in [0.1, 0.15) is 70.8 Å². The molecule has 1 aliphatic heterocycles. The Balaban J connectivity index is 1.39. The Labute approximate surface area is 181 Å². The number of amides is 1. The van der Waals surface area contributed by atoms with E-state index in [1.165, 1.54) is 32.2 Å². The van der Waals surface area contributed by atoms with Crippen molar-refractivity contribution in [3.8, 4) is 0 Å². The second kappa shape index (κ2) is 10.1. The number of nitrogens with zero attached hydrogens (tertiary/aromatic N) is 5. The molecule has 0 unspecified atom stereocenters. The molecule has 2 aliphatic rings. The Bertz CT molecular complexity index is 743. The predicted octanol–water partition coefficient (Wildman–Crippen LogP) is 2.95. The van der Waals surface area contributed by atoms with Crippen LogP contribution < -0.4 is 5.32 Å². The average molecular weight is 417 g/mol. The molecular formula is C23H40N6O. The Hall–Kier alpha value is -1.73. The molecule has 1 aliphatic carbocycles. The lowest BCUT2D eigenvalue weighted by atomic mass is 9.71. The maximum absolute atomic E-state index is 12.0. The maximum Gasteiger partial charge on any atom is 0.273 e. The quantitative estimate of drug-likeness (QED) is 0.660. The van der Waals surface area contributed by atoms with E-state index in [0.29, 0.717) is 11.1 Å². The van der Waals surface area contributed by atoms with E-state index in [1.807, 2.05) is 13.8 Å². The Morgan fingerprint density at radius 3 is 2.43 bits per heavy atom. The third kappa shape index (κ3) is 6.14. The molecule has 3 rings (SSSR count). The molecule has 7 heteroatoms. The summed E-state index contributed by atoms with van der Waals surface area (Å²) in [5, 5.41) is 11.0. The Kier molecular flexibility index (Phi) is 7.69. The largest absolute Gasteiger partial charge is 0.348 e. The number of nitrogens with one attached hydrogen (secondary N) is 1. The highest BCUT2D eigenvalue weighted by molar-refractivity contribution is 5.91. The van der Waals surface area contributed by atoms with Gasteiger partial charge in [-0.2, -0.15) is 0 Å². The number of carbonyl (C=O) groups is 1. The van der Waals surface area contributed by atoms with E-state index in [2.05, 4.69) is 46.2 Å². The van der Waals surface area contributed by atoms with Crippen molar-refractivity contribution in [2.45, 2.75) is 72.9 Å². The Morgan fingerprint density at radius 2 is 1.80 bits per heavy atom. The van der Waals surface area contributed by atoms with Gasteiger partial charge in [-0.05, 0) is 51.9 Å². The highest BCUT2D eigenvalue weighted by Gasteiger charge is 2.28. The smallest absolute Gasteiger partial charge is 0.273 e. The molecule has 7 nitrogen and oxygen atoms in total. The average Bonchev–Trinajstić information content (AvgIpc) is 3.15. The minimum absolute atomic E-state index is 0.100. The van der Waals surface area contributed by atoms with Gasteiger partial charge in [0.05, 0.1) is 12.7 Å². The Morgan fingerprint density at radius 1 is 1.13 bits per heavy atom. The molecule has 0 aromatic carbocycles. The molecule has 0 bridgehead atoms. The van der Waals surface area contributed by atoms with Gasteiger partial charge in [0.15, 0.2) is 5.69 Å². The van der Waals surface area contributed by atoms with Crippen LogP contribution in [0.5, 0.6) is 0 Å². The van der Waals surface area contributed by atoms with Crippen molar-refractivity contribution >= 4 is 5.91 Å². The highest BCUT2D eigenvalue weighted by Crippen LogP contribution is 2.41. The summed E-state index contributed by atoms with van der Waals surface area (Å²) in [6, 6.07) is 0.100. The topological polar surface area (TPSA) is 66.3 Å². The highest BCUT2D eigenvalue weighted by atomic mass is 16.2. The molecule has 0 atom stereocenters. The third-order valence-corrected chi connectivity index (χ3v) is 6.66. The van der Waals surface area contributed by atoms with Crippen molar-refractivity contribution in [1.82, 2.24) is 30.1 Å². The first-order valence-electron chi connectivity index (χ1n) is 11.6. The van der Waals surface area contributed by atoms with E-state index in [4.69, 9.17) is 0 Å². The van der Waals surface area contributed by atoms with Crippen molar-refractivity contribution in [3.05, 3.63) is 23.0 Å². The van der Waals surface area contributed by atoms with E-state index >= 15 is 0 Å². The molecule has 0 saturated carbocycles. The number of allylic oxidation sites excluding steroid dienone is 1. The molecule has 1 N–H and O–H groups in total. The van der Waals surface area contributed by atoms with Crippen LogP contribution in [0.25, 0.3) is 0 Å². The van der Waals surface area contributed by atoms with Crippen LogP contribution >= 0.6 is 0 Å². The van der Waals surface area contributed by atoms with E-state index in [9.17, 15) is 4.79 Å². The lowest BCUT2D eigenvalue weighted by molar-refractivity contribution is 0.0938. The standard InChI is InChI=1S/C23H40N6O/c1-18(2)24-22(30)21-17-29(26-25-21)16-15-28-13-11-27(12-14-28)10-8-20-19(3)7-6-9-23(20,4)5/h17-18H,6-16H2,1-5H3,(H,24,30). The van der Waals surface area contributed by atoms with Crippen molar-refractivity contribution in [3.63, 3.8) is 0 Å². The summed E-state index contributed by atoms with van der Waals surface area (Å²) in [6.45, 7) is 18.4. The minimum Gasteiger partial charge on any atom is -0.348 e. The monoisotopic (exact) mass is 416 g/mol. The summed E-state index contributed by atoms with van der Waals surface area (Å²) in [7, 11) is 0. The predicted molar refractivity (Wildman–Crippen MR) is 120 cm³/mol. The zero-order chi connectivity index (χ0) is 21.7. The SMILES string of the molecule is CC1=C(CCN2CCN(CCn3cc(C(=O)NC(C)C)nn3)CC2)C(C)(C)CCC1. The van der Waals surface area contributed by atoms with Crippen LogP contribution in [0, 0.1) is 5.41 Å². The summed E-state index contributed by atoms with van der Waals surface area (Å²) < 4.78 is 1.78. The fraction of sp³-hybridized carbons (Fsp3) is 0.783. The maximum atomic E-state index is 12.0. The lowest BCUT2D eigenvalue weighted by Crippen LogP contribution is -2.47. The zero-order valence-corrected chi connectivity index (χ0v) is 19.6. The summed E-state index contributed by atoms with van der Waals surface area (Å²) >= 11 is 0. The van der Waals surface area contributed by atoms with Gasteiger partial charge >= 0.3 is 0 Å². The van der Waals surface area contributed by atoms with Crippen LogP contribution in [-0.4, -0.2) is 76.0 Å². The normalized spacial score (nSPS) is 20.7. The molecule has 1 fully saturated rings. The summed E-state index contributed by atoms with van der Waals surface area (Å²) in [6.07, 6.45) is 6.93. The lowest BCUT2D eigenvalue weighted by Gasteiger charge is -2.38. The van der Waals surface area contributed by atoms with Crippen LogP contribution in [0.2, 0.25) is 0 Å². The van der Waals surface area contributed by atoms with Crippen LogP contribution in [0.4, 0.5) is 0 Å². The molecule has 0 radical (unpaired) electrons. The van der Waals surface area contributed by atoms with Gasteiger partial charge in [-0.3, -0.25) is 14.4 Å². The van der Waals surface area contributed by atoms with Crippen molar-refractivity contribution < 1.29 is 4.79 Å². The number of rotatable bonds is 8. The molecule has 1 saturated heterocycles. The van der Waals surface area contributed by atoms with Gasteiger partial charge in [0.1, 0.15) is 0 Å². The number of hydrogen-bond acceptors (Lipinski definition) is 5. The first kappa shape index (κ1) is 22.9. The van der Waals surface area contributed by atoms with Crippen molar-refractivity contribution in [1.29, 1.82) is 0 Å². The molecule has 0 spiro atoms. The summed E-state index contributed by atoms with van der Waals surface area (Å²) in [5.74, 6) is -0.156. The molecule has 1 aromatic heterocycles. The van der Waals surface area contributed by atoms with Crippen molar-refractivity contribution in [2.24, 2.45) is 5.41 Å². The van der Waals surface area contributed by atoms with Crippen molar-refractivity contribution in [2.75, 3.05) is 39.3 Å². The summed E-state index contributed by atoms with van der Waals surface area (Å²) in [4.78, 5) is 17.1. The van der Waals surface area contributed by atoms with E-state index in [-0.39, 0.29) is 11.9 Å². The number of aromatic nitrogens is 3. The fourth-order valence-electron chi connectivity index (χ4n) is 4.82. The fourth-order valence-corrected chi connectivity index (χ4v) is 4.82. The van der Waals surface area contributed by atoms with Gasteiger partial charge in [0.2, 0.25) is 0 Å². The van der Waals surface area contributed by atoms with Gasteiger partial charge in [-0.15, -0.1) is 5.10 Å². The molecule has 2 heterocycles. The molecule has 1 amide bonds. The molecular weight excluding hydrogens is 376 g/mol.